The Kier molecular flexibility index (Phi) is 5.08. The Bertz CT molecular complexity index is 433. The molecule has 2 N–H and O–H groups in total. The number of thiazole rings is 1. The highest BCUT2D eigenvalue weighted by Gasteiger charge is 2.27. The second-order valence-corrected chi connectivity index (χ2v) is 7.89. The molecular weight excluding hydrogens is 266 g/mol. The fourth-order valence-electron chi connectivity index (χ4n) is 3.04. The maximum Gasteiger partial charge on any atom is 0.186 e. The van der Waals surface area contributed by atoms with E-state index in [0.29, 0.717) is 12.6 Å². The fraction of sp³-hybridized carbons (Fsp3) is 0.812. The van der Waals surface area contributed by atoms with Crippen molar-refractivity contribution in [2.24, 2.45) is 5.73 Å². The zero-order valence-electron chi connectivity index (χ0n) is 13.4. The lowest BCUT2D eigenvalue weighted by atomic mass is 9.91. The average Bonchev–Trinajstić information content (AvgIpc) is 2.70. The third kappa shape index (κ3) is 3.34. The van der Waals surface area contributed by atoms with Crippen LogP contribution >= 0.6 is 11.3 Å². The topological polar surface area (TPSA) is 42.2 Å². The van der Waals surface area contributed by atoms with Gasteiger partial charge in [0.15, 0.2) is 5.13 Å². The molecule has 4 heteroatoms. The predicted octanol–water partition coefficient (Wildman–Crippen LogP) is 4.06. The van der Waals surface area contributed by atoms with Gasteiger partial charge in [-0.3, -0.25) is 0 Å². The number of nitrogens with zero attached hydrogens (tertiary/aromatic N) is 2. The van der Waals surface area contributed by atoms with Crippen LogP contribution in [0, 0.1) is 0 Å². The Morgan fingerprint density at radius 1 is 1.30 bits per heavy atom. The summed E-state index contributed by atoms with van der Waals surface area (Å²) in [7, 11) is 0. The van der Waals surface area contributed by atoms with Gasteiger partial charge in [0.25, 0.3) is 0 Å². The molecule has 0 aromatic carbocycles. The average molecular weight is 295 g/mol. The zero-order chi connectivity index (χ0) is 14.8. The van der Waals surface area contributed by atoms with Gasteiger partial charge in [-0.25, -0.2) is 4.98 Å². The van der Waals surface area contributed by atoms with Gasteiger partial charge in [-0.05, 0) is 19.3 Å². The molecule has 0 saturated carbocycles. The lowest BCUT2D eigenvalue weighted by molar-refractivity contribution is 0.546. The van der Waals surface area contributed by atoms with Crippen molar-refractivity contribution >= 4 is 16.5 Å². The molecule has 1 aromatic heterocycles. The molecule has 1 aliphatic heterocycles. The maximum atomic E-state index is 5.94. The van der Waals surface area contributed by atoms with Crippen LogP contribution in [-0.2, 0) is 12.0 Å². The smallest absolute Gasteiger partial charge is 0.186 e. The molecule has 0 spiro atoms. The van der Waals surface area contributed by atoms with E-state index in [1.54, 1.807) is 0 Å². The summed E-state index contributed by atoms with van der Waals surface area (Å²) in [5.74, 6) is 0. The Hall–Kier alpha value is -0.610. The highest BCUT2D eigenvalue weighted by molar-refractivity contribution is 7.15. The molecule has 1 fully saturated rings. The van der Waals surface area contributed by atoms with Crippen LogP contribution in [0.1, 0.15) is 70.4 Å². The van der Waals surface area contributed by atoms with Gasteiger partial charge in [0.05, 0.1) is 5.69 Å². The van der Waals surface area contributed by atoms with Crippen molar-refractivity contribution in [3.05, 3.63) is 10.6 Å². The second kappa shape index (κ2) is 6.44. The van der Waals surface area contributed by atoms with Crippen molar-refractivity contribution in [2.75, 3.05) is 11.4 Å². The third-order valence-electron chi connectivity index (χ3n) is 4.18. The second-order valence-electron chi connectivity index (χ2n) is 6.83. The van der Waals surface area contributed by atoms with E-state index in [4.69, 9.17) is 10.7 Å². The first-order valence-electron chi connectivity index (χ1n) is 7.94. The standard InChI is InChI=1S/C16H29N3S/c1-5-12-9-7-6-8-10-19(12)15-18-14(16(2,3)4)13(11-17)20-15/h12H,5-11,17H2,1-4H3. The van der Waals surface area contributed by atoms with Gasteiger partial charge in [0, 0.05) is 29.4 Å². The van der Waals surface area contributed by atoms with E-state index >= 15 is 0 Å². The Labute approximate surface area is 127 Å². The van der Waals surface area contributed by atoms with Gasteiger partial charge < -0.3 is 10.6 Å². The summed E-state index contributed by atoms with van der Waals surface area (Å²) in [4.78, 5) is 8.78. The van der Waals surface area contributed by atoms with Crippen molar-refractivity contribution in [3.8, 4) is 0 Å². The first kappa shape index (κ1) is 15.8. The number of nitrogens with two attached hydrogens (primary N) is 1. The van der Waals surface area contributed by atoms with Gasteiger partial charge in [0.1, 0.15) is 0 Å². The van der Waals surface area contributed by atoms with Crippen LogP contribution in [0.5, 0.6) is 0 Å². The van der Waals surface area contributed by atoms with Crippen molar-refractivity contribution in [1.82, 2.24) is 4.98 Å². The van der Waals surface area contributed by atoms with Crippen LogP contribution in [0.4, 0.5) is 5.13 Å². The number of rotatable bonds is 3. The van der Waals surface area contributed by atoms with Gasteiger partial charge in [-0.1, -0.05) is 40.5 Å². The summed E-state index contributed by atoms with van der Waals surface area (Å²) in [6.45, 7) is 10.7. The highest BCUT2D eigenvalue weighted by Crippen LogP contribution is 2.36. The quantitative estimate of drug-likeness (QED) is 0.914. The highest BCUT2D eigenvalue weighted by atomic mass is 32.1. The fourth-order valence-corrected chi connectivity index (χ4v) is 4.29. The van der Waals surface area contributed by atoms with Crippen LogP contribution in [-0.4, -0.2) is 17.6 Å². The minimum Gasteiger partial charge on any atom is -0.345 e. The molecule has 0 aliphatic carbocycles. The summed E-state index contributed by atoms with van der Waals surface area (Å²) in [6.07, 6.45) is 6.52. The van der Waals surface area contributed by atoms with Crippen LogP contribution in [0.3, 0.4) is 0 Å². The van der Waals surface area contributed by atoms with Gasteiger partial charge >= 0.3 is 0 Å². The number of aromatic nitrogens is 1. The lowest BCUT2D eigenvalue weighted by Crippen LogP contribution is -2.34. The van der Waals surface area contributed by atoms with E-state index in [9.17, 15) is 0 Å². The molecule has 0 bridgehead atoms. The van der Waals surface area contributed by atoms with E-state index in [1.807, 2.05) is 11.3 Å². The van der Waals surface area contributed by atoms with Crippen LogP contribution in [0.15, 0.2) is 0 Å². The van der Waals surface area contributed by atoms with Crippen molar-refractivity contribution in [1.29, 1.82) is 0 Å². The normalized spacial score (nSPS) is 21.1. The summed E-state index contributed by atoms with van der Waals surface area (Å²) in [6, 6.07) is 0.655. The summed E-state index contributed by atoms with van der Waals surface area (Å²) >= 11 is 1.81. The maximum absolute atomic E-state index is 5.94. The minimum atomic E-state index is 0.0804. The van der Waals surface area contributed by atoms with Crippen LogP contribution < -0.4 is 10.6 Å². The first-order chi connectivity index (χ1) is 9.47. The molecule has 2 rings (SSSR count). The largest absolute Gasteiger partial charge is 0.345 e. The van der Waals surface area contributed by atoms with Crippen LogP contribution in [0.2, 0.25) is 0 Å². The molecule has 1 saturated heterocycles. The molecule has 1 atom stereocenters. The number of hydrogen-bond acceptors (Lipinski definition) is 4. The molecule has 0 amide bonds. The van der Waals surface area contributed by atoms with E-state index < -0.39 is 0 Å². The predicted molar refractivity (Wildman–Crippen MR) is 88.6 cm³/mol. The van der Waals surface area contributed by atoms with Gasteiger partial charge in [0.2, 0.25) is 0 Å². The molecule has 1 aliphatic rings. The van der Waals surface area contributed by atoms with Crippen molar-refractivity contribution in [2.45, 2.75) is 77.8 Å². The van der Waals surface area contributed by atoms with E-state index in [0.717, 1.165) is 6.54 Å². The van der Waals surface area contributed by atoms with Crippen molar-refractivity contribution in [3.63, 3.8) is 0 Å². The summed E-state index contributed by atoms with van der Waals surface area (Å²) in [5.41, 5.74) is 7.21. The van der Waals surface area contributed by atoms with E-state index in [2.05, 4.69) is 32.6 Å². The molecule has 0 radical (unpaired) electrons. The first-order valence-corrected chi connectivity index (χ1v) is 8.76. The van der Waals surface area contributed by atoms with Crippen molar-refractivity contribution < 1.29 is 0 Å². The number of anilines is 1. The minimum absolute atomic E-state index is 0.0804. The molecule has 1 unspecified atom stereocenters. The van der Waals surface area contributed by atoms with Gasteiger partial charge in [-0.15, -0.1) is 11.3 Å². The third-order valence-corrected chi connectivity index (χ3v) is 5.29. The monoisotopic (exact) mass is 295 g/mol. The Morgan fingerprint density at radius 2 is 2.05 bits per heavy atom. The van der Waals surface area contributed by atoms with E-state index in [1.165, 1.54) is 47.8 Å². The molecule has 2 heterocycles. The SMILES string of the molecule is CCC1CCCCCN1c1nc(C(C)(C)C)c(CN)s1. The number of hydrogen-bond donors (Lipinski definition) is 1. The van der Waals surface area contributed by atoms with Gasteiger partial charge in [-0.2, -0.15) is 0 Å². The van der Waals surface area contributed by atoms with E-state index in [-0.39, 0.29) is 5.41 Å². The lowest BCUT2D eigenvalue weighted by Gasteiger charge is -2.29. The molecule has 1 aromatic rings. The molecular formula is C16H29N3S. The molecule has 3 nitrogen and oxygen atoms in total. The Morgan fingerprint density at radius 3 is 2.60 bits per heavy atom. The Balaban J connectivity index is 2.33. The molecule has 20 heavy (non-hydrogen) atoms. The zero-order valence-corrected chi connectivity index (χ0v) is 14.2. The van der Waals surface area contributed by atoms with Crippen LogP contribution in [0.25, 0.3) is 0 Å². The summed E-state index contributed by atoms with van der Waals surface area (Å²) in [5, 5.41) is 1.20. The summed E-state index contributed by atoms with van der Waals surface area (Å²) < 4.78 is 0. The molecule has 114 valence electrons.